The van der Waals surface area contributed by atoms with Crippen molar-refractivity contribution in [2.24, 2.45) is 4.99 Å². The normalized spacial score (nSPS) is 15.0. The first kappa shape index (κ1) is 33.1. The smallest absolute Gasteiger partial charge is 0.406 e. The van der Waals surface area contributed by atoms with Gasteiger partial charge in [-0.1, -0.05) is 68.9 Å². The van der Waals surface area contributed by atoms with E-state index in [4.69, 9.17) is 0 Å². The number of alkyl halides is 3. The van der Waals surface area contributed by atoms with Gasteiger partial charge >= 0.3 is 12.4 Å². The predicted octanol–water partition coefficient (Wildman–Crippen LogP) is 8.47. The third-order valence-electron chi connectivity index (χ3n) is 7.73. The molecule has 46 heavy (non-hydrogen) atoms. The average Bonchev–Trinajstić information content (AvgIpc) is 3.69. The molecule has 2 amide bonds. The van der Waals surface area contributed by atoms with Crippen molar-refractivity contribution < 1.29 is 22.7 Å². The molecule has 0 bridgehead atoms. The molecule has 1 fully saturated rings. The van der Waals surface area contributed by atoms with Gasteiger partial charge in [-0.3, -0.25) is 0 Å². The number of aryl methyl sites for hydroxylation is 1. The Morgan fingerprint density at radius 1 is 1.07 bits per heavy atom. The summed E-state index contributed by atoms with van der Waals surface area (Å²) in [5.74, 6) is 1.74. The Hall–Kier alpha value is -4.32. The van der Waals surface area contributed by atoms with Crippen LogP contribution in [0.3, 0.4) is 0 Å². The van der Waals surface area contributed by atoms with Crippen LogP contribution in [0.5, 0.6) is 5.75 Å². The van der Waals surface area contributed by atoms with Gasteiger partial charge < -0.3 is 15.0 Å². The fourth-order valence-electron chi connectivity index (χ4n) is 5.27. The summed E-state index contributed by atoms with van der Waals surface area (Å²) in [6.07, 6.45) is -1.53. The summed E-state index contributed by atoms with van der Waals surface area (Å²) < 4.78 is 42.7. The van der Waals surface area contributed by atoms with Crippen molar-refractivity contribution in [2.75, 3.05) is 23.7 Å². The summed E-state index contributed by atoms with van der Waals surface area (Å²) in [4.78, 5) is 23.6. The van der Waals surface area contributed by atoms with Crippen LogP contribution in [0.25, 0.3) is 17.1 Å². The van der Waals surface area contributed by atoms with Crippen LogP contribution in [-0.4, -0.2) is 51.2 Å². The lowest BCUT2D eigenvalue weighted by Crippen LogP contribution is -2.29. The molecule has 1 aromatic heterocycles. The van der Waals surface area contributed by atoms with Gasteiger partial charge in [0.2, 0.25) is 0 Å². The molecule has 2 heterocycles. The van der Waals surface area contributed by atoms with Crippen LogP contribution in [-0.2, 0) is 0 Å². The van der Waals surface area contributed by atoms with Gasteiger partial charge in [-0.05, 0) is 78.6 Å². The summed E-state index contributed by atoms with van der Waals surface area (Å²) in [6, 6.07) is 19.6. The van der Waals surface area contributed by atoms with E-state index in [-0.39, 0.29) is 17.7 Å². The molecular weight excluding hydrogens is 613 g/mol. The molecule has 0 aliphatic carbocycles. The highest BCUT2D eigenvalue weighted by Gasteiger charge is 2.31. The van der Waals surface area contributed by atoms with E-state index in [1.807, 2.05) is 24.3 Å². The second-order valence-electron chi connectivity index (χ2n) is 11.6. The number of amidine groups is 1. The van der Waals surface area contributed by atoms with E-state index < -0.39 is 6.36 Å². The zero-order valence-electron chi connectivity index (χ0n) is 26.2. The lowest BCUT2D eigenvalue weighted by Gasteiger charge is -2.23. The number of anilines is 1. The molecule has 1 N–H and O–H groups in total. The molecule has 1 saturated heterocycles. The summed E-state index contributed by atoms with van der Waals surface area (Å²) in [5.41, 5.74) is 6.10. The number of nitrogens with zero attached hydrogens (tertiary/aromatic N) is 5. The quantitative estimate of drug-likeness (QED) is 0.173. The molecule has 4 aromatic rings. The highest BCUT2D eigenvalue weighted by molar-refractivity contribution is 8.14. The first-order valence-electron chi connectivity index (χ1n) is 15.2. The lowest BCUT2D eigenvalue weighted by molar-refractivity contribution is -0.274. The lowest BCUT2D eigenvalue weighted by atomic mass is 9.95. The number of ether oxygens (including phenoxy) is 1. The molecule has 0 spiro atoms. The Labute approximate surface area is 271 Å². The van der Waals surface area contributed by atoms with Crippen molar-refractivity contribution in [3.8, 4) is 22.8 Å². The number of thioether (sulfide) groups is 1. The molecule has 12 heteroatoms. The van der Waals surface area contributed by atoms with Gasteiger partial charge in [0.05, 0.1) is 5.69 Å². The molecule has 3 aromatic carbocycles. The van der Waals surface area contributed by atoms with Crippen LogP contribution in [0.4, 0.5) is 23.7 Å². The molecular formula is C34H37F3N6O2S. The number of amides is 2. The number of carbonyl (C=O) groups excluding carboxylic acids is 1. The average molecular weight is 651 g/mol. The first-order chi connectivity index (χ1) is 22.0. The number of rotatable bonds is 10. The van der Waals surface area contributed by atoms with Crippen LogP contribution < -0.4 is 15.0 Å². The van der Waals surface area contributed by atoms with E-state index in [2.05, 4.69) is 75.9 Å². The van der Waals surface area contributed by atoms with Gasteiger partial charge in [-0.25, -0.2) is 14.5 Å². The zero-order chi connectivity index (χ0) is 32.8. The van der Waals surface area contributed by atoms with E-state index in [1.54, 1.807) is 11.8 Å². The summed E-state index contributed by atoms with van der Waals surface area (Å²) >= 11 is 1.61. The van der Waals surface area contributed by atoms with Crippen LogP contribution in [0.2, 0.25) is 0 Å². The fraction of sp³-hybridized carbons (Fsp3) is 0.353. The summed E-state index contributed by atoms with van der Waals surface area (Å²) in [7, 11) is 0. The Morgan fingerprint density at radius 3 is 2.50 bits per heavy atom. The maximum absolute atomic E-state index is 12.7. The molecule has 242 valence electrons. The molecule has 1 unspecified atom stereocenters. The minimum Gasteiger partial charge on any atom is -0.406 e. The standard InChI is InChI=1S/C34H37F3N6O2S/c1-22(2)29-16-7-23(3)20-30(29)42-18-19-46-33(42)40-32(44)38-17-5-6-24(4)25-8-10-26(11-9-25)31-39-21-43(41-31)27-12-14-28(15-13-27)45-34(35,36)37/h7-16,20-22,24H,5-6,17-19H2,1-4H3,(H,38,44)/b40-33-. The van der Waals surface area contributed by atoms with Gasteiger partial charge in [-0.15, -0.1) is 18.3 Å². The Kier molecular flexibility index (Phi) is 10.4. The highest BCUT2D eigenvalue weighted by atomic mass is 32.2. The molecule has 0 radical (unpaired) electrons. The van der Waals surface area contributed by atoms with Crippen molar-refractivity contribution in [3.05, 3.63) is 89.7 Å². The number of carbonyl (C=O) groups is 1. The second-order valence-corrected chi connectivity index (χ2v) is 12.6. The molecule has 1 aliphatic heterocycles. The topological polar surface area (TPSA) is 84.6 Å². The Bertz CT molecular complexity index is 1670. The minimum absolute atomic E-state index is 0.275. The molecule has 1 aliphatic rings. The van der Waals surface area contributed by atoms with E-state index in [0.717, 1.165) is 47.1 Å². The number of benzene rings is 3. The van der Waals surface area contributed by atoms with Crippen molar-refractivity contribution in [1.82, 2.24) is 20.1 Å². The van der Waals surface area contributed by atoms with Crippen molar-refractivity contribution in [2.45, 2.75) is 58.7 Å². The van der Waals surface area contributed by atoms with E-state index >= 15 is 0 Å². The van der Waals surface area contributed by atoms with Gasteiger partial charge in [0.25, 0.3) is 0 Å². The fourth-order valence-corrected chi connectivity index (χ4v) is 6.22. The SMILES string of the molecule is Cc1ccc(C(C)C)c(N2CCS/C2=N\C(=O)NCCCC(C)c2ccc(-c3ncn(-c4ccc(OC(F)(F)F)cc4)n3)cc2)c1. The number of halogens is 3. The maximum Gasteiger partial charge on any atom is 0.573 e. The molecule has 0 saturated carbocycles. The van der Waals surface area contributed by atoms with Crippen LogP contribution in [0, 0.1) is 6.92 Å². The zero-order valence-corrected chi connectivity index (χ0v) is 27.0. The van der Waals surface area contributed by atoms with Crippen molar-refractivity contribution >= 4 is 28.6 Å². The minimum atomic E-state index is -4.74. The van der Waals surface area contributed by atoms with Gasteiger partial charge in [0, 0.05) is 30.1 Å². The van der Waals surface area contributed by atoms with Gasteiger partial charge in [0.1, 0.15) is 12.1 Å². The highest BCUT2D eigenvalue weighted by Crippen LogP contribution is 2.33. The van der Waals surface area contributed by atoms with E-state index in [0.29, 0.717) is 24.0 Å². The second kappa shape index (κ2) is 14.4. The summed E-state index contributed by atoms with van der Waals surface area (Å²) in [6.45, 7) is 9.95. The summed E-state index contributed by atoms with van der Waals surface area (Å²) in [5, 5.41) is 8.16. The number of nitrogens with one attached hydrogen (secondary N) is 1. The molecule has 5 rings (SSSR count). The van der Waals surface area contributed by atoms with Gasteiger partial charge in [0.15, 0.2) is 11.0 Å². The van der Waals surface area contributed by atoms with Gasteiger partial charge in [-0.2, -0.15) is 4.99 Å². The first-order valence-corrected chi connectivity index (χ1v) is 16.2. The maximum atomic E-state index is 12.7. The third kappa shape index (κ3) is 8.48. The molecule has 8 nitrogen and oxygen atoms in total. The number of hydrogen-bond acceptors (Lipinski definition) is 5. The van der Waals surface area contributed by atoms with Crippen molar-refractivity contribution in [3.63, 3.8) is 0 Å². The Morgan fingerprint density at radius 2 is 1.80 bits per heavy atom. The Balaban J connectivity index is 1.11. The number of hydrogen-bond donors (Lipinski definition) is 1. The number of aromatic nitrogens is 3. The third-order valence-corrected chi connectivity index (χ3v) is 8.68. The number of aliphatic imine (C=N–C) groups is 1. The van der Waals surface area contributed by atoms with E-state index in [1.165, 1.54) is 46.4 Å². The van der Waals surface area contributed by atoms with Crippen LogP contribution >= 0.6 is 11.8 Å². The largest absolute Gasteiger partial charge is 0.573 e. The van der Waals surface area contributed by atoms with Crippen LogP contribution in [0.1, 0.15) is 62.1 Å². The predicted molar refractivity (Wildman–Crippen MR) is 177 cm³/mol. The van der Waals surface area contributed by atoms with Crippen molar-refractivity contribution in [1.29, 1.82) is 0 Å². The van der Waals surface area contributed by atoms with E-state index in [9.17, 15) is 18.0 Å². The monoisotopic (exact) mass is 650 g/mol. The van der Waals surface area contributed by atoms with Crippen LogP contribution in [0.15, 0.2) is 78.0 Å². The number of urea groups is 1. The molecule has 1 atom stereocenters.